The summed E-state index contributed by atoms with van der Waals surface area (Å²) in [5.41, 5.74) is 12.9. The number of carbonyl (C=O) groups excluding carboxylic acids is 1. The molecule has 7 nitrogen and oxygen atoms in total. The van der Waals surface area contributed by atoms with Crippen LogP contribution in [0, 0.1) is 20.8 Å². The van der Waals surface area contributed by atoms with Gasteiger partial charge in [-0.2, -0.15) is 0 Å². The first-order valence-corrected chi connectivity index (χ1v) is 13.2. The van der Waals surface area contributed by atoms with Crippen molar-refractivity contribution in [3.63, 3.8) is 0 Å². The normalized spacial score (nSPS) is 15.1. The first-order valence-electron chi connectivity index (χ1n) is 13.2. The topological polar surface area (TPSA) is 93.4 Å². The van der Waals surface area contributed by atoms with Crippen molar-refractivity contribution in [1.29, 1.82) is 0 Å². The molecule has 1 unspecified atom stereocenters. The highest BCUT2D eigenvalue weighted by molar-refractivity contribution is 5.90. The Labute approximate surface area is 223 Å². The second-order valence-corrected chi connectivity index (χ2v) is 10.2. The van der Waals surface area contributed by atoms with E-state index in [2.05, 4.69) is 66.1 Å². The minimum Gasteiger partial charge on any atom is -0.497 e. The predicted octanol–water partition coefficient (Wildman–Crippen LogP) is 5.68. The highest BCUT2D eigenvalue weighted by atomic mass is 16.5. The van der Waals surface area contributed by atoms with E-state index in [0.717, 1.165) is 49.2 Å². The third-order valence-electron chi connectivity index (χ3n) is 8.11. The molecule has 0 radical (unpaired) electrons. The molecule has 1 aliphatic rings. The number of carbonyl (C=O) groups is 1. The SMILES string of the molecule is COc1ccc2c(CCN(Cc3[nH]c(C)c(C)c3C)C3CCc4cc(/C=C/C(=O)NO)ccc43)c[nH]c2c1. The Morgan fingerprint density at radius 3 is 2.76 bits per heavy atom. The Balaban J connectivity index is 1.42. The van der Waals surface area contributed by atoms with Crippen LogP contribution in [0.3, 0.4) is 0 Å². The number of hydrogen-bond donors (Lipinski definition) is 4. The predicted molar refractivity (Wildman–Crippen MR) is 150 cm³/mol. The lowest BCUT2D eigenvalue weighted by Crippen LogP contribution is -2.30. The molecule has 2 aromatic carbocycles. The van der Waals surface area contributed by atoms with Gasteiger partial charge in [0, 0.05) is 59.8 Å². The quantitative estimate of drug-likeness (QED) is 0.132. The second kappa shape index (κ2) is 10.9. The lowest BCUT2D eigenvalue weighted by Gasteiger charge is -2.30. The summed E-state index contributed by atoms with van der Waals surface area (Å²) in [7, 11) is 1.69. The van der Waals surface area contributed by atoms with Gasteiger partial charge in [-0.1, -0.05) is 18.2 Å². The van der Waals surface area contributed by atoms with Gasteiger partial charge in [0.15, 0.2) is 0 Å². The molecule has 0 bridgehead atoms. The number of rotatable bonds is 9. The monoisotopic (exact) mass is 512 g/mol. The maximum absolute atomic E-state index is 11.4. The number of ether oxygens (including phenoxy) is 1. The van der Waals surface area contributed by atoms with Gasteiger partial charge in [-0.3, -0.25) is 14.9 Å². The van der Waals surface area contributed by atoms with E-state index >= 15 is 0 Å². The van der Waals surface area contributed by atoms with Crippen LogP contribution in [0.2, 0.25) is 0 Å². The van der Waals surface area contributed by atoms with Crippen molar-refractivity contribution in [2.45, 2.75) is 52.6 Å². The van der Waals surface area contributed by atoms with Crippen LogP contribution < -0.4 is 10.2 Å². The molecular formula is C31H36N4O3. The maximum atomic E-state index is 11.4. The summed E-state index contributed by atoms with van der Waals surface area (Å²) in [4.78, 5) is 21.1. The van der Waals surface area contributed by atoms with Gasteiger partial charge in [-0.05, 0) is 91.6 Å². The van der Waals surface area contributed by atoms with Crippen molar-refractivity contribution in [2.75, 3.05) is 13.7 Å². The van der Waals surface area contributed by atoms with Crippen molar-refractivity contribution in [2.24, 2.45) is 0 Å². The van der Waals surface area contributed by atoms with Gasteiger partial charge in [-0.15, -0.1) is 0 Å². The molecule has 198 valence electrons. The third-order valence-corrected chi connectivity index (χ3v) is 8.11. The molecule has 7 heteroatoms. The highest BCUT2D eigenvalue weighted by Crippen LogP contribution is 2.38. The van der Waals surface area contributed by atoms with Gasteiger partial charge in [0.2, 0.25) is 0 Å². The summed E-state index contributed by atoms with van der Waals surface area (Å²) in [5, 5.41) is 10.00. The number of amides is 1. The van der Waals surface area contributed by atoms with Gasteiger partial charge in [-0.25, -0.2) is 5.48 Å². The number of H-pyrrole nitrogens is 2. The Bertz CT molecular complexity index is 1500. The molecule has 0 saturated heterocycles. The minimum absolute atomic E-state index is 0.317. The summed E-state index contributed by atoms with van der Waals surface area (Å²) in [6.07, 6.45) is 8.20. The van der Waals surface area contributed by atoms with Crippen LogP contribution in [0.4, 0.5) is 0 Å². The number of aryl methyl sites for hydroxylation is 2. The number of benzene rings is 2. The number of aromatic amines is 2. The molecular weight excluding hydrogens is 476 g/mol. The fourth-order valence-corrected chi connectivity index (χ4v) is 5.70. The van der Waals surface area contributed by atoms with Crippen LogP contribution >= 0.6 is 0 Å². The van der Waals surface area contributed by atoms with E-state index < -0.39 is 5.91 Å². The Kier molecular flexibility index (Phi) is 7.40. The van der Waals surface area contributed by atoms with E-state index in [1.807, 2.05) is 12.1 Å². The third kappa shape index (κ3) is 5.12. The van der Waals surface area contributed by atoms with Gasteiger partial charge in [0.1, 0.15) is 5.75 Å². The van der Waals surface area contributed by atoms with Crippen LogP contribution in [-0.2, 0) is 24.2 Å². The lowest BCUT2D eigenvalue weighted by molar-refractivity contribution is -0.124. The molecule has 0 aliphatic heterocycles. The van der Waals surface area contributed by atoms with E-state index in [0.29, 0.717) is 6.04 Å². The molecule has 1 atom stereocenters. The van der Waals surface area contributed by atoms with Gasteiger partial charge < -0.3 is 14.7 Å². The average molecular weight is 513 g/mol. The van der Waals surface area contributed by atoms with E-state index in [-0.39, 0.29) is 0 Å². The molecule has 2 heterocycles. The molecule has 0 saturated carbocycles. The van der Waals surface area contributed by atoms with Crippen molar-refractivity contribution < 1.29 is 14.7 Å². The van der Waals surface area contributed by atoms with E-state index in [9.17, 15) is 4.79 Å². The average Bonchev–Trinajstić information content (AvgIpc) is 3.61. The van der Waals surface area contributed by atoms with Crippen molar-refractivity contribution in [3.05, 3.63) is 93.4 Å². The number of aromatic nitrogens is 2. The van der Waals surface area contributed by atoms with Gasteiger partial charge in [0.25, 0.3) is 5.91 Å². The smallest absolute Gasteiger partial charge is 0.267 e. The minimum atomic E-state index is -0.530. The molecule has 2 aromatic heterocycles. The molecule has 1 aliphatic carbocycles. The number of fused-ring (bicyclic) bond motifs is 2. The zero-order chi connectivity index (χ0) is 26.8. The lowest BCUT2D eigenvalue weighted by atomic mass is 10.0. The number of methoxy groups -OCH3 is 1. The maximum Gasteiger partial charge on any atom is 0.267 e. The van der Waals surface area contributed by atoms with Gasteiger partial charge in [0.05, 0.1) is 7.11 Å². The standard InChI is InChI=1S/C31H36N4O3/c1-19-20(2)29(33-21(19)3)18-35(14-13-24-17-32-28-16-25(38-4)8-10-26(24)28)30-11-7-23-15-22(5-9-27(23)30)6-12-31(36)34-37/h5-6,8-10,12,15-17,30,32-33,37H,7,11,13-14,18H2,1-4H3,(H,34,36)/b12-6+. The summed E-state index contributed by atoms with van der Waals surface area (Å²) in [6, 6.07) is 12.9. The van der Waals surface area contributed by atoms with Crippen LogP contribution in [0.1, 0.15) is 57.2 Å². The zero-order valence-electron chi connectivity index (χ0n) is 22.5. The Hall–Kier alpha value is -3.81. The largest absolute Gasteiger partial charge is 0.497 e. The van der Waals surface area contributed by atoms with Crippen molar-refractivity contribution in [3.8, 4) is 5.75 Å². The van der Waals surface area contributed by atoms with Crippen LogP contribution in [0.5, 0.6) is 5.75 Å². The molecule has 4 aromatic rings. The van der Waals surface area contributed by atoms with Crippen LogP contribution in [0.15, 0.2) is 48.7 Å². The Morgan fingerprint density at radius 2 is 2.03 bits per heavy atom. The fraction of sp³-hybridized carbons (Fsp3) is 0.323. The zero-order valence-corrected chi connectivity index (χ0v) is 22.5. The first kappa shape index (κ1) is 25.8. The van der Waals surface area contributed by atoms with Crippen LogP contribution in [-0.4, -0.2) is 39.6 Å². The number of hydroxylamine groups is 1. The second-order valence-electron chi connectivity index (χ2n) is 10.2. The van der Waals surface area contributed by atoms with E-state index in [1.165, 1.54) is 50.7 Å². The summed E-state index contributed by atoms with van der Waals surface area (Å²) >= 11 is 0. The van der Waals surface area contributed by atoms with Crippen molar-refractivity contribution >= 4 is 22.9 Å². The van der Waals surface area contributed by atoms with E-state index in [1.54, 1.807) is 18.7 Å². The fourth-order valence-electron chi connectivity index (χ4n) is 5.70. The molecule has 4 N–H and O–H groups in total. The van der Waals surface area contributed by atoms with Crippen molar-refractivity contribution in [1.82, 2.24) is 20.3 Å². The molecule has 0 fully saturated rings. The highest BCUT2D eigenvalue weighted by Gasteiger charge is 2.29. The summed E-state index contributed by atoms with van der Waals surface area (Å²) in [6.45, 7) is 8.33. The Morgan fingerprint density at radius 1 is 1.18 bits per heavy atom. The molecule has 38 heavy (non-hydrogen) atoms. The van der Waals surface area contributed by atoms with Gasteiger partial charge >= 0.3 is 0 Å². The number of nitrogens with one attached hydrogen (secondary N) is 3. The molecule has 1 amide bonds. The number of hydrogen-bond acceptors (Lipinski definition) is 4. The molecule has 0 spiro atoms. The van der Waals surface area contributed by atoms with E-state index in [4.69, 9.17) is 9.94 Å². The number of nitrogens with zero attached hydrogens (tertiary/aromatic N) is 1. The summed E-state index contributed by atoms with van der Waals surface area (Å²) < 4.78 is 5.39. The van der Waals surface area contributed by atoms with Crippen LogP contribution in [0.25, 0.3) is 17.0 Å². The summed E-state index contributed by atoms with van der Waals surface area (Å²) in [5.74, 6) is 0.325. The first-order chi connectivity index (χ1) is 18.4. The molecule has 5 rings (SSSR count).